The number of thiophene rings is 1. The normalized spacial score (nSPS) is 13.1. The van der Waals surface area contributed by atoms with Gasteiger partial charge in [-0.1, -0.05) is 0 Å². The third kappa shape index (κ3) is 1.50. The first-order chi connectivity index (χ1) is 7.88. The van der Waals surface area contributed by atoms with Crippen LogP contribution in [-0.2, 0) is 12.8 Å². The Labute approximate surface area is 98.5 Å². The van der Waals surface area contributed by atoms with E-state index in [1.54, 1.807) is 0 Å². The molecular weight excluding hydrogens is 218 g/mol. The minimum atomic E-state index is 0.886. The number of fused-ring (bicyclic) bond motifs is 3. The van der Waals surface area contributed by atoms with Gasteiger partial charge in [0.15, 0.2) is 0 Å². The summed E-state index contributed by atoms with van der Waals surface area (Å²) >= 11 is 1.82. The number of anilines is 1. The van der Waals surface area contributed by atoms with Crippen LogP contribution in [0.1, 0.15) is 17.4 Å². The fourth-order valence-electron chi connectivity index (χ4n) is 2.11. The van der Waals surface area contributed by atoms with Crippen molar-refractivity contribution in [3.05, 3.63) is 28.0 Å². The van der Waals surface area contributed by atoms with Crippen molar-refractivity contribution in [2.75, 3.05) is 11.9 Å². The lowest BCUT2D eigenvalue weighted by Crippen LogP contribution is -2.08. The summed E-state index contributed by atoms with van der Waals surface area (Å²) in [4.78, 5) is 1.44. The molecule has 2 aromatic rings. The first-order valence-electron chi connectivity index (χ1n) is 5.55. The van der Waals surface area contributed by atoms with E-state index in [4.69, 9.17) is 0 Å². The zero-order valence-electron chi connectivity index (χ0n) is 9.16. The van der Waals surface area contributed by atoms with Crippen molar-refractivity contribution in [2.45, 2.75) is 19.8 Å². The SMILES string of the molecule is CCNc1cc2c(nn1)-c1ccsc1CC2. The van der Waals surface area contributed by atoms with Crippen molar-refractivity contribution >= 4 is 17.2 Å². The number of hydrogen-bond donors (Lipinski definition) is 1. The molecule has 0 saturated carbocycles. The lowest BCUT2D eigenvalue weighted by atomic mass is 9.96. The van der Waals surface area contributed by atoms with Crippen LogP contribution < -0.4 is 5.32 Å². The minimum Gasteiger partial charge on any atom is -0.369 e. The van der Waals surface area contributed by atoms with E-state index < -0.39 is 0 Å². The third-order valence-corrected chi connectivity index (χ3v) is 3.83. The average Bonchev–Trinajstić information content (AvgIpc) is 2.77. The van der Waals surface area contributed by atoms with E-state index in [0.29, 0.717) is 0 Å². The molecule has 0 amide bonds. The topological polar surface area (TPSA) is 37.8 Å². The monoisotopic (exact) mass is 231 g/mol. The maximum atomic E-state index is 4.35. The smallest absolute Gasteiger partial charge is 0.148 e. The molecule has 0 aromatic carbocycles. The van der Waals surface area contributed by atoms with Gasteiger partial charge in [0.05, 0.1) is 5.69 Å². The summed E-state index contributed by atoms with van der Waals surface area (Å²) < 4.78 is 0. The Morgan fingerprint density at radius 1 is 1.38 bits per heavy atom. The summed E-state index contributed by atoms with van der Waals surface area (Å²) in [6.45, 7) is 2.95. The van der Waals surface area contributed by atoms with E-state index in [2.05, 4.69) is 40.0 Å². The van der Waals surface area contributed by atoms with Crippen molar-refractivity contribution in [1.29, 1.82) is 0 Å². The van der Waals surface area contributed by atoms with Crippen LogP contribution in [0.3, 0.4) is 0 Å². The number of hydrogen-bond acceptors (Lipinski definition) is 4. The van der Waals surface area contributed by atoms with Gasteiger partial charge in [0, 0.05) is 17.0 Å². The fraction of sp³-hybridized carbons (Fsp3) is 0.333. The fourth-order valence-corrected chi connectivity index (χ4v) is 2.99. The molecule has 3 nitrogen and oxygen atoms in total. The van der Waals surface area contributed by atoms with Gasteiger partial charge < -0.3 is 5.32 Å². The molecule has 3 rings (SSSR count). The maximum absolute atomic E-state index is 4.35. The van der Waals surface area contributed by atoms with Crippen LogP contribution in [0.4, 0.5) is 5.82 Å². The van der Waals surface area contributed by atoms with E-state index in [9.17, 15) is 0 Å². The van der Waals surface area contributed by atoms with Gasteiger partial charge in [-0.25, -0.2) is 0 Å². The number of aryl methyl sites for hydroxylation is 2. The summed E-state index contributed by atoms with van der Waals surface area (Å²) in [7, 11) is 0. The van der Waals surface area contributed by atoms with Crippen LogP contribution >= 0.6 is 11.3 Å². The van der Waals surface area contributed by atoms with Gasteiger partial charge in [0.25, 0.3) is 0 Å². The number of nitrogens with one attached hydrogen (secondary N) is 1. The molecule has 0 unspecified atom stereocenters. The van der Waals surface area contributed by atoms with Crippen molar-refractivity contribution in [3.63, 3.8) is 0 Å². The largest absolute Gasteiger partial charge is 0.369 e. The lowest BCUT2D eigenvalue weighted by molar-refractivity contribution is 0.909. The molecule has 1 N–H and O–H groups in total. The lowest BCUT2D eigenvalue weighted by Gasteiger charge is -2.15. The van der Waals surface area contributed by atoms with Gasteiger partial charge in [-0.15, -0.1) is 21.5 Å². The standard InChI is InChI=1S/C12H13N3S/c1-2-13-11-7-8-3-4-10-9(5-6-16-10)12(8)15-14-11/h5-7H,2-4H2,1H3,(H,13,14). The maximum Gasteiger partial charge on any atom is 0.148 e. The van der Waals surface area contributed by atoms with Gasteiger partial charge in [-0.2, -0.15) is 0 Å². The zero-order chi connectivity index (χ0) is 11.0. The summed E-state index contributed by atoms with van der Waals surface area (Å²) in [6, 6.07) is 4.28. The van der Waals surface area contributed by atoms with Crippen LogP contribution in [0.2, 0.25) is 0 Å². The van der Waals surface area contributed by atoms with Gasteiger partial charge in [-0.3, -0.25) is 0 Å². The van der Waals surface area contributed by atoms with E-state index >= 15 is 0 Å². The van der Waals surface area contributed by atoms with Gasteiger partial charge in [-0.05, 0) is 42.8 Å². The van der Waals surface area contributed by atoms with Crippen LogP contribution in [0.25, 0.3) is 11.3 Å². The highest BCUT2D eigenvalue weighted by atomic mass is 32.1. The highest BCUT2D eigenvalue weighted by molar-refractivity contribution is 7.10. The second kappa shape index (κ2) is 3.87. The van der Waals surface area contributed by atoms with Crippen LogP contribution in [0.15, 0.2) is 17.5 Å². The number of rotatable bonds is 2. The third-order valence-electron chi connectivity index (χ3n) is 2.85. The van der Waals surface area contributed by atoms with E-state index in [0.717, 1.165) is 30.9 Å². The first kappa shape index (κ1) is 9.78. The predicted octanol–water partition coefficient (Wildman–Crippen LogP) is 2.74. The Kier molecular flexibility index (Phi) is 2.36. The van der Waals surface area contributed by atoms with Crippen LogP contribution in [-0.4, -0.2) is 16.7 Å². The molecule has 0 saturated heterocycles. The van der Waals surface area contributed by atoms with Gasteiger partial charge in [0.1, 0.15) is 5.82 Å². The van der Waals surface area contributed by atoms with E-state index in [1.807, 2.05) is 11.3 Å². The molecular formula is C12H13N3S. The molecule has 82 valence electrons. The predicted molar refractivity (Wildman–Crippen MR) is 66.9 cm³/mol. The molecule has 16 heavy (non-hydrogen) atoms. The Morgan fingerprint density at radius 2 is 2.31 bits per heavy atom. The Morgan fingerprint density at radius 3 is 3.19 bits per heavy atom. The molecule has 0 bridgehead atoms. The van der Waals surface area contributed by atoms with Crippen LogP contribution in [0.5, 0.6) is 0 Å². The minimum absolute atomic E-state index is 0.886. The highest BCUT2D eigenvalue weighted by Crippen LogP contribution is 2.35. The Balaban J connectivity index is 2.07. The van der Waals surface area contributed by atoms with E-state index in [1.165, 1.54) is 16.0 Å². The molecule has 0 radical (unpaired) electrons. The molecule has 0 atom stereocenters. The summed E-state index contributed by atoms with van der Waals surface area (Å²) in [5.74, 6) is 0.889. The van der Waals surface area contributed by atoms with Crippen molar-refractivity contribution in [1.82, 2.24) is 10.2 Å². The van der Waals surface area contributed by atoms with Crippen LogP contribution in [0, 0.1) is 0 Å². The molecule has 2 aromatic heterocycles. The van der Waals surface area contributed by atoms with Crippen molar-refractivity contribution in [3.8, 4) is 11.3 Å². The highest BCUT2D eigenvalue weighted by Gasteiger charge is 2.19. The van der Waals surface area contributed by atoms with Crippen molar-refractivity contribution < 1.29 is 0 Å². The zero-order valence-corrected chi connectivity index (χ0v) is 9.97. The number of aromatic nitrogens is 2. The Bertz CT molecular complexity index is 519. The molecule has 0 spiro atoms. The molecule has 2 heterocycles. The Hall–Kier alpha value is -1.42. The van der Waals surface area contributed by atoms with Crippen molar-refractivity contribution in [2.24, 2.45) is 0 Å². The summed E-state index contributed by atoms with van der Waals surface area (Å²) in [5.41, 5.74) is 3.67. The molecule has 1 aliphatic carbocycles. The first-order valence-corrected chi connectivity index (χ1v) is 6.43. The summed E-state index contributed by atoms with van der Waals surface area (Å²) in [5, 5.41) is 13.9. The quantitative estimate of drug-likeness (QED) is 0.863. The number of nitrogens with zero attached hydrogens (tertiary/aromatic N) is 2. The average molecular weight is 231 g/mol. The molecule has 0 fully saturated rings. The van der Waals surface area contributed by atoms with Gasteiger partial charge in [0.2, 0.25) is 0 Å². The summed E-state index contributed by atoms with van der Waals surface area (Å²) in [6.07, 6.45) is 2.22. The molecule has 4 heteroatoms. The second-order valence-electron chi connectivity index (χ2n) is 3.89. The molecule has 0 aliphatic heterocycles. The molecule has 1 aliphatic rings. The van der Waals surface area contributed by atoms with Gasteiger partial charge >= 0.3 is 0 Å². The van der Waals surface area contributed by atoms with E-state index in [-0.39, 0.29) is 0 Å². The second-order valence-corrected chi connectivity index (χ2v) is 4.89.